The van der Waals surface area contributed by atoms with E-state index < -0.39 is 0 Å². The first-order valence-electron chi connectivity index (χ1n) is 7.78. The van der Waals surface area contributed by atoms with Gasteiger partial charge in [-0.1, -0.05) is 0 Å². The van der Waals surface area contributed by atoms with Crippen molar-refractivity contribution in [1.29, 1.82) is 0 Å². The lowest BCUT2D eigenvalue weighted by molar-refractivity contribution is -0.141. The molecule has 22 heavy (non-hydrogen) atoms. The Hall–Kier alpha value is -1.88. The molecule has 0 aromatic heterocycles. The number of rotatable bonds is 4. The number of hydrogen-bond acceptors (Lipinski definition) is 5. The monoisotopic (exact) mass is 303 g/mol. The van der Waals surface area contributed by atoms with Gasteiger partial charge in [0.15, 0.2) is 0 Å². The van der Waals surface area contributed by atoms with Crippen LogP contribution in [0.2, 0.25) is 0 Å². The Labute approximate surface area is 130 Å². The van der Waals surface area contributed by atoms with E-state index in [9.17, 15) is 9.59 Å². The predicted octanol–water partition coefficient (Wildman–Crippen LogP) is 2.10. The molecule has 0 saturated carbocycles. The summed E-state index contributed by atoms with van der Waals surface area (Å²) in [4.78, 5) is 25.2. The summed E-state index contributed by atoms with van der Waals surface area (Å²) >= 11 is 0. The summed E-state index contributed by atoms with van der Waals surface area (Å²) in [6.45, 7) is 5.45. The quantitative estimate of drug-likeness (QED) is 0.744. The summed E-state index contributed by atoms with van der Waals surface area (Å²) < 4.78 is 10.6. The van der Waals surface area contributed by atoms with Gasteiger partial charge < -0.3 is 9.47 Å². The molecule has 0 amide bonds. The molecule has 3 aliphatic rings. The maximum atomic E-state index is 11.5. The topological polar surface area (TPSA) is 55.8 Å². The number of allylic oxidation sites excluding steroid dienone is 1. The van der Waals surface area contributed by atoms with Crippen molar-refractivity contribution in [2.75, 3.05) is 13.1 Å². The molecular weight excluding hydrogens is 282 g/mol. The van der Waals surface area contributed by atoms with Crippen molar-refractivity contribution >= 4 is 11.9 Å². The second kappa shape index (κ2) is 6.08. The lowest BCUT2D eigenvalue weighted by Crippen LogP contribution is -2.39. The zero-order valence-electron chi connectivity index (χ0n) is 13.0. The Kier molecular flexibility index (Phi) is 4.16. The van der Waals surface area contributed by atoms with Gasteiger partial charge in [-0.15, -0.1) is 0 Å². The molecule has 0 aromatic rings. The van der Waals surface area contributed by atoms with Crippen LogP contribution in [0.25, 0.3) is 0 Å². The van der Waals surface area contributed by atoms with Gasteiger partial charge in [0.05, 0.1) is 6.04 Å². The third-order valence-corrected chi connectivity index (χ3v) is 4.43. The third kappa shape index (κ3) is 2.99. The lowest BCUT2D eigenvalue weighted by Gasteiger charge is -2.27. The highest BCUT2D eigenvalue weighted by atomic mass is 16.6. The van der Waals surface area contributed by atoms with Gasteiger partial charge in [-0.2, -0.15) is 0 Å². The second-order valence-electron chi connectivity index (χ2n) is 6.08. The molecule has 0 spiro atoms. The molecule has 1 fully saturated rings. The Morgan fingerprint density at radius 2 is 2.09 bits per heavy atom. The van der Waals surface area contributed by atoms with Gasteiger partial charge >= 0.3 is 11.9 Å². The number of likely N-dealkylation sites (tertiary alicyclic amines) is 1. The van der Waals surface area contributed by atoms with Crippen LogP contribution in [0.4, 0.5) is 0 Å². The smallest absolute Gasteiger partial charge is 0.339 e. The Balaban J connectivity index is 1.55. The minimum Gasteiger partial charge on any atom is -0.453 e. The normalized spacial score (nSPS) is 30.5. The fraction of sp³-hybridized carbons (Fsp3) is 0.529. The van der Waals surface area contributed by atoms with Crippen molar-refractivity contribution in [2.24, 2.45) is 0 Å². The highest BCUT2D eigenvalue weighted by Crippen LogP contribution is 2.27. The highest BCUT2D eigenvalue weighted by Gasteiger charge is 2.36. The van der Waals surface area contributed by atoms with E-state index in [1.807, 2.05) is 12.2 Å². The maximum Gasteiger partial charge on any atom is 0.339 e. The van der Waals surface area contributed by atoms with Crippen LogP contribution in [0.5, 0.6) is 0 Å². The number of nitrogens with zero attached hydrogens (tertiary/aromatic N) is 1. The average Bonchev–Trinajstić information content (AvgIpc) is 3.13. The van der Waals surface area contributed by atoms with Crippen LogP contribution in [0.1, 0.15) is 33.1 Å². The van der Waals surface area contributed by atoms with Gasteiger partial charge in [0.25, 0.3) is 0 Å². The Morgan fingerprint density at radius 3 is 2.73 bits per heavy atom. The van der Waals surface area contributed by atoms with E-state index in [-0.39, 0.29) is 24.1 Å². The number of esters is 2. The van der Waals surface area contributed by atoms with E-state index in [2.05, 4.69) is 4.90 Å². The van der Waals surface area contributed by atoms with Crippen LogP contribution in [-0.2, 0) is 19.1 Å². The number of carbonyl (C=O) groups is 2. The molecule has 1 saturated heterocycles. The Bertz CT molecular complexity index is 587. The number of ether oxygens (including phenoxy) is 2. The van der Waals surface area contributed by atoms with Crippen molar-refractivity contribution in [3.8, 4) is 0 Å². The van der Waals surface area contributed by atoms with Gasteiger partial charge in [0.2, 0.25) is 0 Å². The first-order valence-corrected chi connectivity index (χ1v) is 7.78. The zero-order valence-corrected chi connectivity index (χ0v) is 13.0. The molecule has 0 unspecified atom stereocenters. The van der Waals surface area contributed by atoms with Gasteiger partial charge in [-0.3, -0.25) is 4.90 Å². The second-order valence-corrected chi connectivity index (χ2v) is 6.08. The molecular formula is C17H21NO4. The molecule has 118 valence electrons. The van der Waals surface area contributed by atoms with E-state index in [4.69, 9.17) is 9.47 Å². The van der Waals surface area contributed by atoms with Gasteiger partial charge in [0.1, 0.15) is 11.9 Å². The lowest BCUT2D eigenvalue weighted by atomic mass is 10.1. The molecule has 0 N–H and O–H groups in total. The molecule has 3 heterocycles. The summed E-state index contributed by atoms with van der Waals surface area (Å²) in [6.07, 6.45) is 8.53. The van der Waals surface area contributed by atoms with Crippen molar-refractivity contribution in [2.45, 2.75) is 45.3 Å². The number of cyclic esters (lactones) is 2. The summed E-state index contributed by atoms with van der Waals surface area (Å²) in [7, 11) is 0. The molecule has 0 aliphatic carbocycles. The first-order chi connectivity index (χ1) is 10.5. The van der Waals surface area contributed by atoms with E-state index in [0.717, 1.165) is 32.4 Å². The van der Waals surface area contributed by atoms with Crippen LogP contribution >= 0.6 is 0 Å². The molecule has 5 heteroatoms. The fourth-order valence-electron chi connectivity index (χ4n) is 3.22. The summed E-state index contributed by atoms with van der Waals surface area (Å²) in [5.41, 5.74) is 1.35. The van der Waals surface area contributed by atoms with Crippen molar-refractivity contribution < 1.29 is 19.1 Å². The summed E-state index contributed by atoms with van der Waals surface area (Å²) in [5, 5.41) is 0. The van der Waals surface area contributed by atoms with Crippen LogP contribution in [0.15, 0.2) is 35.1 Å². The molecule has 5 nitrogen and oxygen atoms in total. The molecule has 3 rings (SSSR count). The largest absolute Gasteiger partial charge is 0.453 e. The standard InChI is InChI=1S/C17H21NO4/c1-11-9-13(21-16(11)19)5-3-7-18-8-4-6-14(18)15-10-12(2)17(20)22-15/h5,9-10,14-15H,3-4,6-8H2,1-2H3/b13-5-/t14-,15+/m0/s1. The maximum absolute atomic E-state index is 11.5. The van der Waals surface area contributed by atoms with E-state index >= 15 is 0 Å². The highest BCUT2D eigenvalue weighted by molar-refractivity contribution is 5.92. The van der Waals surface area contributed by atoms with E-state index in [0.29, 0.717) is 16.9 Å². The molecule has 3 aliphatic heterocycles. The van der Waals surface area contributed by atoms with Gasteiger partial charge in [0, 0.05) is 17.7 Å². The number of hydrogen-bond donors (Lipinski definition) is 0. The molecule has 2 atom stereocenters. The van der Waals surface area contributed by atoms with Crippen LogP contribution in [0, 0.1) is 0 Å². The van der Waals surface area contributed by atoms with Crippen LogP contribution in [0.3, 0.4) is 0 Å². The van der Waals surface area contributed by atoms with Crippen molar-refractivity contribution in [3.05, 3.63) is 35.1 Å². The minimum absolute atomic E-state index is 0.117. The molecule has 0 aromatic carbocycles. The van der Waals surface area contributed by atoms with Gasteiger partial charge in [-0.25, -0.2) is 9.59 Å². The summed E-state index contributed by atoms with van der Waals surface area (Å²) in [5.74, 6) is 0.183. The third-order valence-electron chi connectivity index (χ3n) is 4.43. The molecule has 0 radical (unpaired) electrons. The minimum atomic E-state index is -0.260. The predicted molar refractivity (Wildman–Crippen MR) is 80.8 cm³/mol. The summed E-state index contributed by atoms with van der Waals surface area (Å²) in [6, 6.07) is 0.267. The average molecular weight is 303 g/mol. The zero-order chi connectivity index (χ0) is 15.7. The molecule has 0 bridgehead atoms. The van der Waals surface area contributed by atoms with E-state index in [1.54, 1.807) is 19.9 Å². The van der Waals surface area contributed by atoms with E-state index in [1.165, 1.54) is 0 Å². The van der Waals surface area contributed by atoms with Crippen molar-refractivity contribution in [3.63, 3.8) is 0 Å². The fourth-order valence-corrected chi connectivity index (χ4v) is 3.22. The number of carbonyl (C=O) groups excluding carboxylic acids is 2. The van der Waals surface area contributed by atoms with Gasteiger partial charge in [-0.05, 0) is 57.9 Å². The SMILES string of the molecule is CC1=C/C(=C/CCN2CCC[C@H]2[C@H]2C=C(C)C(=O)O2)OC1=O. The Morgan fingerprint density at radius 1 is 1.27 bits per heavy atom. The first kappa shape index (κ1) is 15.0. The van der Waals surface area contributed by atoms with Crippen LogP contribution < -0.4 is 0 Å². The van der Waals surface area contributed by atoms with Crippen LogP contribution in [-0.4, -0.2) is 42.1 Å². The van der Waals surface area contributed by atoms with Crippen molar-refractivity contribution in [1.82, 2.24) is 4.90 Å².